The highest BCUT2D eigenvalue weighted by Gasteiger charge is 2.12. The lowest BCUT2D eigenvalue weighted by atomic mass is 9.99. The quantitative estimate of drug-likeness (QED) is 0.837. The molecular weight excluding hydrogens is 260 g/mol. The Hall–Kier alpha value is -2.09. The second kappa shape index (κ2) is 6.13. The minimum atomic E-state index is 0.262. The lowest BCUT2D eigenvalue weighted by Gasteiger charge is -2.06. The van der Waals surface area contributed by atoms with Crippen molar-refractivity contribution in [3.05, 3.63) is 64.7 Å². The van der Waals surface area contributed by atoms with Crippen LogP contribution in [0.3, 0.4) is 0 Å². The van der Waals surface area contributed by atoms with E-state index < -0.39 is 0 Å². The standard InChI is InChI=1S/C19H20O2/c1-21-19-9-6-14(7-10-19)12-18(20)13-15-5-8-16-3-2-4-17(16)11-15/h5-11H,2-4,12-13H2,1H3. The zero-order valence-electron chi connectivity index (χ0n) is 12.4. The molecule has 21 heavy (non-hydrogen) atoms. The van der Waals surface area contributed by atoms with Gasteiger partial charge in [-0.15, -0.1) is 0 Å². The van der Waals surface area contributed by atoms with Gasteiger partial charge in [-0.05, 0) is 53.6 Å². The van der Waals surface area contributed by atoms with E-state index in [4.69, 9.17) is 4.74 Å². The maximum Gasteiger partial charge on any atom is 0.141 e. The topological polar surface area (TPSA) is 26.3 Å². The van der Waals surface area contributed by atoms with Crippen molar-refractivity contribution >= 4 is 5.78 Å². The summed E-state index contributed by atoms with van der Waals surface area (Å²) in [5, 5.41) is 0. The lowest BCUT2D eigenvalue weighted by Crippen LogP contribution is -2.07. The van der Waals surface area contributed by atoms with Crippen LogP contribution < -0.4 is 4.74 Å². The van der Waals surface area contributed by atoms with Gasteiger partial charge in [0.1, 0.15) is 11.5 Å². The summed E-state index contributed by atoms with van der Waals surface area (Å²) in [6.07, 6.45) is 4.62. The van der Waals surface area contributed by atoms with Gasteiger partial charge in [-0.25, -0.2) is 0 Å². The van der Waals surface area contributed by atoms with Gasteiger partial charge in [0.05, 0.1) is 7.11 Å². The van der Waals surface area contributed by atoms with E-state index in [-0.39, 0.29) is 5.78 Å². The van der Waals surface area contributed by atoms with Gasteiger partial charge in [-0.1, -0.05) is 30.3 Å². The third-order valence-corrected chi connectivity index (χ3v) is 4.12. The van der Waals surface area contributed by atoms with Gasteiger partial charge in [0.15, 0.2) is 0 Å². The van der Waals surface area contributed by atoms with Gasteiger partial charge in [-0.2, -0.15) is 0 Å². The van der Waals surface area contributed by atoms with Crippen LogP contribution in [0.2, 0.25) is 0 Å². The average Bonchev–Trinajstić information content (AvgIpc) is 2.95. The first-order chi connectivity index (χ1) is 10.2. The molecule has 2 aromatic carbocycles. The van der Waals surface area contributed by atoms with Crippen LogP contribution in [0.1, 0.15) is 28.7 Å². The normalized spacial score (nSPS) is 13.0. The van der Waals surface area contributed by atoms with E-state index in [1.807, 2.05) is 24.3 Å². The molecule has 0 aromatic heterocycles. The molecule has 0 unspecified atom stereocenters. The van der Waals surface area contributed by atoms with Gasteiger partial charge in [0, 0.05) is 12.8 Å². The predicted molar refractivity (Wildman–Crippen MR) is 83.9 cm³/mol. The number of carbonyl (C=O) groups excluding carboxylic acids is 1. The van der Waals surface area contributed by atoms with Crippen LogP contribution in [0, 0.1) is 0 Å². The highest BCUT2D eigenvalue weighted by Crippen LogP contribution is 2.23. The third kappa shape index (κ3) is 3.33. The number of ketones is 1. The molecule has 0 saturated carbocycles. The van der Waals surface area contributed by atoms with Crippen molar-refractivity contribution in [1.29, 1.82) is 0 Å². The number of Topliss-reactive ketones (excluding diaryl/α,β-unsaturated/α-hetero) is 1. The Kier molecular flexibility index (Phi) is 4.05. The van der Waals surface area contributed by atoms with Gasteiger partial charge < -0.3 is 4.74 Å². The molecule has 0 aliphatic heterocycles. The molecule has 0 saturated heterocycles. The maximum absolute atomic E-state index is 12.2. The van der Waals surface area contributed by atoms with Crippen molar-refractivity contribution in [2.24, 2.45) is 0 Å². The second-order valence-corrected chi connectivity index (χ2v) is 5.70. The molecule has 1 aliphatic carbocycles. The van der Waals surface area contributed by atoms with E-state index in [0.29, 0.717) is 12.8 Å². The van der Waals surface area contributed by atoms with Gasteiger partial charge >= 0.3 is 0 Å². The Morgan fingerprint density at radius 2 is 1.62 bits per heavy atom. The van der Waals surface area contributed by atoms with Crippen molar-refractivity contribution in [1.82, 2.24) is 0 Å². The molecule has 3 rings (SSSR count). The van der Waals surface area contributed by atoms with E-state index in [1.165, 1.54) is 24.0 Å². The number of methoxy groups -OCH3 is 1. The lowest BCUT2D eigenvalue weighted by molar-refractivity contribution is -0.117. The molecule has 0 bridgehead atoms. The zero-order chi connectivity index (χ0) is 14.7. The molecule has 2 nitrogen and oxygen atoms in total. The molecule has 108 valence electrons. The largest absolute Gasteiger partial charge is 0.497 e. The summed E-state index contributed by atoms with van der Waals surface area (Å²) in [6, 6.07) is 14.2. The van der Waals surface area contributed by atoms with Crippen molar-refractivity contribution in [2.45, 2.75) is 32.1 Å². The molecule has 1 aliphatic rings. The number of benzene rings is 2. The first-order valence-electron chi connectivity index (χ1n) is 7.50. The molecular formula is C19H20O2. The minimum Gasteiger partial charge on any atom is -0.497 e. The SMILES string of the molecule is COc1ccc(CC(=O)Cc2ccc3c(c2)CCC3)cc1. The summed E-state index contributed by atoms with van der Waals surface area (Å²) in [5.74, 6) is 1.09. The molecule has 0 spiro atoms. The summed E-state index contributed by atoms with van der Waals surface area (Å²) in [5.41, 5.74) is 5.09. The van der Waals surface area contributed by atoms with Crippen molar-refractivity contribution in [2.75, 3.05) is 7.11 Å². The Bertz CT molecular complexity index is 641. The number of aryl methyl sites for hydroxylation is 2. The number of carbonyl (C=O) groups is 1. The second-order valence-electron chi connectivity index (χ2n) is 5.70. The molecule has 0 radical (unpaired) electrons. The Morgan fingerprint density at radius 1 is 0.952 bits per heavy atom. The Balaban J connectivity index is 1.63. The Morgan fingerprint density at radius 3 is 2.38 bits per heavy atom. The Labute approximate surface area is 125 Å². The molecule has 2 aromatic rings. The van der Waals surface area contributed by atoms with Crippen LogP contribution >= 0.6 is 0 Å². The van der Waals surface area contributed by atoms with E-state index in [9.17, 15) is 4.79 Å². The molecule has 0 N–H and O–H groups in total. The smallest absolute Gasteiger partial charge is 0.141 e. The minimum absolute atomic E-state index is 0.262. The van der Waals surface area contributed by atoms with Crippen molar-refractivity contribution < 1.29 is 9.53 Å². The van der Waals surface area contributed by atoms with Crippen LogP contribution in [0.15, 0.2) is 42.5 Å². The molecule has 2 heteroatoms. The maximum atomic E-state index is 12.2. The van der Waals surface area contributed by atoms with Crippen LogP contribution in [0.4, 0.5) is 0 Å². The van der Waals surface area contributed by atoms with Crippen LogP contribution in [-0.4, -0.2) is 12.9 Å². The predicted octanol–water partition coefficient (Wildman–Crippen LogP) is 3.54. The molecule has 0 fully saturated rings. The van der Waals surface area contributed by atoms with Crippen LogP contribution in [0.5, 0.6) is 5.75 Å². The number of ether oxygens (including phenoxy) is 1. The summed E-state index contributed by atoms with van der Waals surface area (Å²) < 4.78 is 5.13. The van der Waals surface area contributed by atoms with Crippen LogP contribution in [-0.2, 0) is 30.5 Å². The van der Waals surface area contributed by atoms with Crippen molar-refractivity contribution in [3.8, 4) is 5.75 Å². The van der Waals surface area contributed by atoms with E-state index in [0.717, 1.165) is 23.3 Å². The van der Waals surface area contributed by atoms with Gasteiger partial charge in [0.2, 0.25) is 0 Å². The number of hydrogen-bond donors (Lipinski definition) is 0. The number of hydrogen-bond acceptors (Lipinski definition) is 2. The molecule has 0 heterocycles. The number of rotatable bonds is 5. The van der Waals surface area contributed by atoms with Crippen molar-refractivity contribution in [3.63, 3.8) is 0 Å². The first-order valence-corrected chi connectivity index (χ1v) is 7.50. The fourth-order valence-electron chi connectivity index (χ4n) is 3.00. The highest BCUT2D eigenvalue weighted by atomic mass is 16.5. The monoisotopic (exact) mass is 280 g/mol. The van der Waals surface area contributed by atoms with E-state index >= 15 is 0 Å². The average molecular weight is 280 g/mol. The molecule has 0 amide bonds. The summed E-state index contributed by atoms with van der Waals surface area (Å²) >= 11 is 0. The summed E-state index contributed by atoms with van der Waals surface area (Å²) in [4.78, 5) is 12.2. The zero-order valence-corrected chi connectivity index (χ0v) is 12.4. The van der Waals surface area contributed by atoms with E-state index in [2.05, 4.69) is 18.2 Å². The van der Waals surface area contributed by atoms with Gasteiger partial charge in [0.25, 0.3) is 0 Å². The highest BCUT2D eigenvalue weighted by molar-refractivity contribution is 5.83. The fourth-order valence-corrected chi connectivity index (χ4v) is 3.00. The van der Waals surface area contributed by atoms with Gasteiger partial charge in [-0.3, -0.25) is 4.79 Å². The summed E-state index contributed by atoms with van der Waals surface area (Å²) in [6.45, 7) is 0. The summed E-state index contributed by atoms with van der Waals surface area (Å²) in [7, 11) is 1.65. The first kappa shape index (κ1) is 13.9. The number of fused-ring (bicyclic) bond motifs is 1. The third-order valence-electron chi connectivity index (χ3n) is 4.12. The van der Waals surface area contributed by atoms with E-state index in [1.54, 1.807) is 7.11 Å². The fraction of sp³-hybridized carbons (Fsp3) is 0.316. The molecule has 0 atom stereocenters. The van der Waals surface area contributed by atoms with Crippen LogP contribution in [0.25, 0.3) is 0 Å².